The van der Waals surface area contributed by atoms with Gasteiger partial charge in [0.15, 0.2) is 0 Å². The van der Waals surface area contributed by atoms with E-state index in [0.717, 1.165) is 6.07 Å². The van der Waals surface area contributed by atoms with Crippen LogP contribution in [0.15, 0.2) is 24.3 Å². The third-order valence-corrected chi connectivity index (χ3v) is 1.10. The van der Waals surface area contributed by atoms with E-state index in [4.69, 9.17) is 10.2 Å². The number of rotatable bonds is 1. The van der Waals surface area contributed by atoms with Gasteiger partial charge in [0, 0.05) is 6.61 Å². The van der Waals surface area contributed by atoms with Gasteiger partial charge in [0.05, 0.1) is 5.56 Å². The zero-order valence-electron chi connectivity index (χ0n) is 7.90. The summed E-state index contributed by atoms with van der Waals surface area (Å²) in [5.41, 5.74) is -0.289. The van der Waals surface area contributed by atoms with Gasteiger partial charge in [-0.05, 0) is 19.1 Å². The van der Waals surface area contributed by atoms with Gasteiger partial charge in [0.2, 0.25) is 0 Å². The fourth-order valence-electron chi connectivity index (χ4n) is 0.635. The predicted octanol–water partition coefficient (Wildman–Crippen LogP) is 1.68. The van der Waals surface area contributed by atoms with Crippen molar-refractivity contribution in [2.45, 2.75) is 6.92 Å². The van der Waals surface area contributed by atoms with Crippen molar-refractivity contribution < 1.29 is 19.4 Å². The van der Waals surface area contributed by atoms with Crippen LogP contribution in [0.25, 0.3) is 0 Å². The van der Waals surface area contributed by atoms with Crippen LogP contribution < -0.4 is 6.15 Å². The van der Waals surface area contributed by atoms with Gasteiger partial charge in [-0.25, -0.2) is 9.18 Å². The number of carbonyl (C=O) groups is 1. The standard InChI is InChI=1S/C7H5FO2.C2H6O.H3N/c8-6-4-2-1-3-5(6)7(9)10;1-2-3;/h1-4H,(H,9,10);3H,2H2,1H3;1H3. The van der Waals surface area contributed by atoms with Crippen molar-refractivity contribution in [3.63, 3.8) is 0 Å². The third-order valence-electron chi connectivity index (χ3n) is 1.10. The van der Waals surface area contributed by atoms with Crippen molar-refractivity contribution in [1.82, 2.24) is 6.15 Å². The van der Waals surface area contributed by atoms with E-state index in [9.17, 15) is 9.18 Å². The van der Waals surface area contributed by atoms with Crippen LogP contribution >= 0.6 is 0 Å². The van der Waals surface area contributed by atoms with E-state index >= 15 is 0 Å². The summed E-state index contributed by atoms with van der Waals surface area (Å²) in [5, 5.41) is 15.9. The molecule has 0 spiro atoms. The zero-order valence-corrected chi connectivity index (χ0v) is 7.90. The molecule has 0 unspecified atom stereocenters. The molecule has 0 aromatic heterocycles. The first-order valence-corrected chi connectivity index (χ1v) is 3.72. The van der Waals surface area contributed by atoms with Gasteiger partial charge < -0.3 is 16.4 Å². The largest absolute Gasteiger partial charge is 0.478 e. The number of benzene rings is 1. The molecule has 5 heteroatoms. The lowest BCUT2D eigenvalue weighted by atomic mass is 10.2. The number of aliphatic hydroxyl groups excluding tert-OH is 1. The summed E-state index contributed by atoms with van der Waals surface area (Å²) in [4.78, 5) is 10.2. The quantitative estimate of drug-likeness (QED) is 0.647. The summed E-state index contributed by atoms with van der Waals surface area (Å²) in [6.07, 6.45) is 0. The SMILES string of the molecule is CCO.N.O=C(O)c1ccccc1F. The molecule has 1 aromatic carbocycles. The van der Waals surface area contributed by atoms with E-state index in [1.165, 1.54) is 18.2 Å². The first-order valence-electron chi connectivity index (χ1n) is 3.72. The molecule has 14 heavy (non-hydrogen) atoms. The summed E-state index contributed by atoms with van der Waals surface area (Å²) >= 11 is 0. The van der Waals surface area contributed by atoms with E-state index in [2.05, 4.69) is 0 Å². The van der Waals surface area contributed by atoms with E-state index in [1.54, 1.807) is 6.92 Å². The second-order valence-electron chi connectivity index (χ2n) is 2.10. The van der Waals surface area contributed by atoms with Gasteiger partial charge >= 0.3 is 5.97 Å². The fraction of sp³-hybridized carbons (Fsp3) is 0.222. The number of aliphatic hydroxyl groups is 1. The molecule has 1 aromatic rings. The molecule has 0 aliphatic carbocycles. The molecule has 0 fully saturated rings. The Hall–Kier alpha value is -1.46. The van der Waals surface area contributed by atoms with Crippen molar-refractivity contribution in [1.29, 1.82) is 0 Å². The molecule has 0 saturated heterocycles. The number of carboxylic acids is 1. The lowest BCUT2D eigenvalue weighted by Gasteiger charge is -1.92. The maximum atomic E-state index is 12.5. The van der Waals surface area contributed by atoms with Crippen molar-refractivity contribution >= 4 is 5.97 Å². The van der Waals surface area contributed by atoms with E-state index < -0.39 is 11.8 Å². The number of carboxylic acid groups (broad SMARTS) is 1. The zero-order chi connectivity index (χ0) is 10.3. The minimum absolute atomic E-state index is 0. The van der Waals surface area contributed by atoms with E-state index in [1.807, 2.05) is 0 Å². The summed E-state index contributed by atoms with van der Waals surface area (Å²) in [7, 11) is 0. The highest BCUT2D eigenvalue weighted by molar-refractivity contribution is 5.87. The summed E-state index contributed by atoms with van der Waals surface area (Å²) in [6.45, 7) is 1.93. The van der Waals surface area contributed by atoms with Crippen LogP contribution in [0.3, 0.4) is 0 Å². The van der Waals surface area contributed by atoms with Crippen molar-refractivity contribution in [2.24, 2.45) is 0 Å². The van der Waals surface area contributed by atoms with Crippen LogP contribution in [0.5, 0.6) is 0 Å². The molecule has 4 nitrogen and oxygen atoms in total. The van der Waals surface area contributed by atoms with E-state index in [-0.39, 0.29) is 18.3 Å². The van der Waals surface area contributed by atoms with Gasteiger partial charge in [-0.15, -0.1) is 0 Å². The van der Waals surface area contributed by atoms with Gasteiger partial charge in [-0.1, -0.05) is 12.1 Å². The lowest BCUT2D eigenvalue weighted by Crippen LogP contribution is -1.98. The van der Waals surface area contributed by atoms with Crippen LogP contribution in [0, 0.1) is 5.82 Å². The number of halogens is 1. The fourth-order valence-corrected chi connectivity index (χ4v) is 0.635. The molecule has 0 radical (unpaired) electrons. The molecule has 0 aliphatic rings. The Morgan fingerprint density at radius 1 is 1.43 bits per heavy atom. The Morgan fingerprint density at radius 3 is 2.14 bits per heavy atom. The van der Waals surface area contributed by atoms with Gasteiger partial charge in [-0.3, -0.25) is 0 Å². The van der Waals surface area contributed by atoms with Crippen molar-refractivity contribution in [3.05, 3.63) is 35.6 Å². The van der Waals surface area contributed by atoms with Gasteiger partial charge in [-0.2, -0.15) is 0 Å². The molecule has 0 heterocycles. The minimum atomic E-state index is -1.24. The molecule has 0 amide bonds. The topological polar surface area (TPSA) is 92.5 Å². The molecular formula is C9H14FNO3. The normalized spacial score (nSPS) is 7.93. The molecule has 0 atom stereocenters. The van der Waals surface area contributed by atoms with Crippen LogP contribution in [0.1, 0.15) is 17.3 Å². The molecule has 0 bridgehead atoms. The first-order chi connectivity index (χ1) is 6.13. The molecular weight excluding hydrogens is 189 g/mol. The average Bonchev–Trinajstić information content (AvgIpc) is 2.06. The molecule has 80 valence electrons. The molecule has 0 aliphatic heterocycles. The molecule has 1 rings (SSSR count). The highest BCUT2D eigenvalue weighted by atomic mass is 19.1. The van der Waals surface area contributed by atoms with Crippen LogP contribution in [-0.2, 0) is 0 Å². The van der Waals surface area contributed by atoms with Crippen molar-refractivity contribution in [2.75, 3.05) is 6.61 Å². The number of hydrogen-bond acceptors (Lipinski definition) is 3. The lowest BCUT2D eigenvalue weighted by molar-refractivity contribution is 0.0692. The van der Waals surface area contributed by atoms with Gasteiger partial charge in [0.25, 0.3) is 0 Å². The first kappa shape index (κ1) is 15.0. The minimum Gasteiger partial charge on any atom is -0.478 e. The van der Waals surface area contributed by atoms with Crippen LogP contribution in [0.4, 0.5) is 4.39 Å². The maximum absolute atomic E-state index is 12.5. The maximum Gasteiger partial charge on any atom is 0.338 e. The summed E-state index contributed by atoms with van der Waals surface area (Å²) in [5.74, 6) is -1.94. The highest BCUT2D eigenvalue weighted by Crippen LogP contribution is 2.04. The second kappa shape index (κ2) is 8.15. The summed E-state index contributed by atoms with van der Waals surface area (Å²) < 4.78 is 12.5. The Balaban J connectivity index is 0. The Kier molecular flexibility index (Phi) is 8.75. The highest BCUT2D eigenvalue weighted by Gasteiger charge is 2.06. The third kappa shape index (κ3) is 5.23. The second-order valence-corrected chi connectivity index (χ2v) is 2.10. The Labute approximate surface area is 81.6 Å². The van der Waals surface area contributed by atoms with Crippen LogP contribution in [-0.4, -0.2) is 22.8 Å². The predicted molar refractivity (Wildman–Crippen MR) is 51.1 cm³/mol. The van der Waals surface area contributed by atoms with E-state index in [0.29, 0.717) is 0 Å². The van der Waals surface area contributed by atoms with Crippen molar-refractivity contribution in [3.8, 4) is 0 Å². The Morgan fingerprint density at radius 2 is 1.86 bits per heavy atom. The van der Waals surface area contributed by atoms with Gasteiger partial charge in [0.1, 0.15) is 5.82 Å². The molecule has 5 N–H and O–H groups in total. The number of hydrogen-bond donors (Lipinski definition) is 3. The average molecular weight is 203 g/mol. The Bertz CT molecular complexity index is 279. The molecule has 0 saturated carbocycles. The smallest absolute Gasteiger partial charge is 0.338 e. The van der Waals surface area contributed by atoms with Crippen LogP contribution in [0.2, 0.25) is 0 Å². The monoisotopic (exact) mass is 203 g/mol. The number of aromatic carboxylic acids is 1. The summed E-state index contributed by atoms with van der Waals surface area (Å²) in [6, 6.07) is 5.26.